The van der Waals surface area contributed by atoms with Gasteiger partial charge in [-0.25, -0.2) is 4.79 Å². The summed E-state index contributed by atoms with van der Waals surface area (Å²) in [6, 6.07) is 7.21. The van der Waals surface area contributed by atoms with Crippen LogP contribution in [0, 0.1) is 0 Å². The van der Waals surface area contributed by atoms with Gasteiger partial charge in [-0.3, -0.25) is 14.5 Å². The summed E-state index contributed by atoms with van der Waals surface area (Å²) < 4.78 is 0. The molecule has 0 saturated heterocycles. The van der Waals surface area contributed by atoms with E-state index in [0.717, 1.165) is 5.56 Å². The molecule has 1 atom stereocenters. The summed E-state index contributed by atoms with van der Waals surface area (Å²) in [5.74, 6) is -0.436. The predicted octanol–water partition coefficient (Wildman–Crippen LogP) is 2.69. The molecule has 0 aromatic heterocycles. The monoisotopic (exact) mass is 412 g/mol. The maximum Gasteiger partial charge on any atom is 0.322 e. The normalized spacial score (nSPS) is 19.8. The maximum atomic E-state index is 13.2. The number of hydrogen-bond acceptors (Lipinski definition) is 3. The Morgan fingerprint density at radius 3 is 2.23 bits per heavy atom. The number of benzene rings is 1. The van der Waals surface area contributed by atoms with E-state index in [9.17, 15) is 14.4 Å². The highest BCUT2D eigenvalue weighted by Crippen LogP contribution is 2.36. The number of carbonyl (C=O) groups is 3. The lowest BCUT2D eigenvalue weighted by Gasteiger charge is -2.31. The molecule has 7 nitrogen and oxygen atoms in total. The number of nitrogens with one attached hydrogen (secondary N) is 2. The fraction of sp³-hybridized carbons (Fsp3) is 0.522. The number of amides is 4. The van der Waals surface area contributed by atoms with Gasteiger partial charge >= 0.3 is 6.03 Å². The van der Waals surface area contributed by atoms with E-state index in [1.165, 1.54) is 15.4 Å². The van der Waals surface area contributed by atoms with Gasteiger partial charge in [0.2, 0.25) is 5.91 Å². The van der Waals surface area contributed by atoms with E-state index >= 15 is 0 Å². The largest absolute Gasteiger partial charge is 0.350 e. The summed E-state index contributed by atoms with van der Waals surface area (Å²) in [7, 11) is 1.65. The molecule has 0 aliphatic carbocycles. The van der Waals surface area contributed by atoms with Gasteiger partial charge in [-0.15, -0.1) is 0 Å². The SMILES string of the molecule is CN1C(=O)N[C@H](c2ccc(C(C)(C)C)cc2)C2=C1CN(CC(=O)NC(C)(C)C)C2=O. The first kappa shape index (κ1) is 21.9. The number of carbonyl (C=O) groups excluding carboxylic acids is 3. The molecule has 0 radical (unpaired) electrons. The highest BCUT2D eigenvalue weighted by molar-refractivity contribution is 6.03. The zero-order chi connectivity index (χ0) is 22.4. The van der Waals surface area contributed by atoms with Crippen LogP contribution in [0.4, 0.5) is 4.79 Å². The standard InChI is InChI=1S/C23H32N4O3/c1-22(2,3)15-10-8-14(9-11-15)19-18-16(26(7)21(30)24-19)12-27(20(18)29)13-17(28)25-23(4,5)6/h8-11,19H,12-13H2,1-7H3,(H,24,30)(H,25,28)/t19-/m1/s1. The van der Waals surface area contributed by atoms with Crippen molar-refractivity contribution in [3.8, 4) is 0 Å². The van der Waals surface area contributed by atoms with Crippen molar-refractivity contribution in [3.63, 3.8) is 0 Å². The number of urea groups is 1. The van der Waals surface area contributed by atoms with E-state index in [1.807, 2.05) is 45.0 Å². The molecule has 2 N–H and O–H groups in total. The van der Waals surface area contributed by atoms with Crippen molar-refractivity contribution in [1.82, 2.24) is 20.4 Å². The molecule has 162 valence electrons. The summed E-state index contributed by atoms with van der Waals surface area (Å²) in [6.45, 7) is 12.3. The van der Waals surface area contributed by atoms with Crippen LogP contribution >= 0.6 is 0 Å². The zero-order valence-corrected chi connectivity index (χ0v) is 18.9. The van der Waals surface area contributed by atoms with E-state index in [-0.39, 0.29) is 41.9 Å². The summed E-state index contributed by atoms with van der Waals surface area (Å²) in [5.41, 5.74) is 2.85. The molecule has 30 heavy (non-hydrogen) atoms. The van der Waals surface area contributed by atoms with Gasteiger partial charge in [0.15, 0.2) is 0 Å². The number of hydrogen-bond donors (Lipinski definition) is 2. The minimum atomic E-state index is -0.527. The van der Waals surface area contributed by atoms with Crippen molar-refractivity contribution in [2.75, 3.05) is 20.1 Å². The van der Waals surface area contributed by atoms with E-state index in [4.69, 9.17) is 0 Å². The first-order chi connectivity index (χ1) is 13.8. The van der Waals surface area contributed by atoms with Gasteiger partial charge in [-0.05, 0) is 37.3 Å². The highest BCUT2D eigenvalue weighted by Gasteiger charge is 2.43. The summed E-state index contributed by atoms with van der Waals surface area (Å²) in [4.78, 5) is 41.1. The lowest BCUT2D eigenvalue weighted by atomic mass is 9.85. The Kier molecular flexibility index (Phi) is 5.43. The van der Waals surface area contributed by atoms with Gasteiger partial charge < -0.3 is 15.5 Å². The Balaban J connectivity index is 1.88. The van der Waals surface area contributed by atoms with Crippen LogP contribution in [0.5, 0.6) is 0 Å². The van der Waals surface area contributed by atoms with Crippen LogP contribution in [0.3, 0.4) is 0 Å². The van der Waals surface area contributed by atoms with Crippen LogP contribution < -0.4 is 10.6 Å². The lowest BCUT2D eigenvalue weighted by Crippen LogP contribution is -2.46. The van der Waals surface area contributed by atoms with Gasteiger partial charge in [0, 0.05) is 12.6 Å². The second-order valence-electron chi connectivity index (χ2n) is 10.1. The second kappa shape index (κ2) is 7.45. The number of likely N-dealkylation sites (N-methyl/N-ethyl adjacent to an activating group) is 1. The molecule has 1 aromatic carbocycles. The van der Waals surface area contributed by atoms with Crippen molar-refractivity contribution < 1.29 is 14.4 Å². The van der Waals surface area contributed by atoms with Crippen molar-refractivity contribution >= 4 is 17.8 Å². The van der Waals surface area contributed by atoms with Crippen LogP contribution in [0.2, 0.25) is 0 Å². The first-order valence-corrected chi connectivity index (χ1v) is 10.3. The molecule has 1 aromatic rings. The molecule has 0 unspecified atom stereocenters. The highest BCUT2D eigenvalue weighted by atomic mass is 16.2. The molecule has 2 aliphatic rings. The third kappa shape index (κ3) is 4.35. The van der Waals surface area contributed by atoms with E-state index in [2.05, 4.69) is 31.4 Å². The Bertz CT molecular complexity index is 904. The molecule has 2 heterocycles. The summed E-state index contributed by atoms with van der Waals surface area (Å²) >= 11 is 0. The predicted molar refractivity (Wildman–Crippen MR) is 116 cm³/mol. The van der Waals surface area contributed by atoms with Crippen molar-refractivity contribution in [1.29, 1.82) is 0 Å². The molecule has 0 spiro atoms. The maximum absolute atomic E-state index is 13.2. The van der Waals surface area contributed by atoms with Crippen molar-refractivity contribution in [2.24, 2.45) is 0 Å². The Labute approximate surface area is 178 Å². The average molecular weight is 413 g/mol. The topological polar surface area (TPSA) is 81.8 Å². The van der Waals surface area contributed by atoms with Gasteiger partial charge in [-0.2, -0.15) is 0 Å². The fourth-order valence-electron chi connectivity index (χ4n) is 3.81. The Hall–Kier alpha value is -2.83. The third-order valence-electron chi connectivity index (χ3n) is 5.39. The molecular weight excluding hydrogens is 380 g/mol. The molecule has 0 fully saturated rings. The molecule has 7 heteroatoms. The molecule has 0 saturated carbocycles. The van der Waals surface area contributed by atoms with Gasteiger partial charge in [0.1, 0.15) is 6.54 Å². The second-order valence-corrected chi connectivity index (χ2v) is 10.1. The van der Waals surface area contributed by atoms with Gasteiger partial charge in [0.05, 0.1) is 23.9 Å². The average Bonchev–Trinajstić information content (AvgIpc) is 2.93. The van der Waals surface area contributed by atoms with E-state index in [1.54, 1.807) is 7.05 Å². The van der Waals surface area contributed by atoms with Crippen LogP contribution in [0.25, 0.3) is 0 Å². The van der Waals surface area contributed by atoms with Gasteiger partial charge in [0.25, 0.3) is 5.91 Å². The Morgan fingerprint density at radius 1 is 1.10 bits per heavy atom. The van der Waals surface area contributed by atoms with Crippen molar-refractivity contribution in [2.45, 2.75) is 58.5 Å². The first-order valence-electron chi connectivity index (χ1n) is 10.3. The molecule has 0 bridgehead atoms. The summed E-state index contributed by atoms with van der Waals surface area (Å²) in [6.07, 6.45) is 0. The number of nitrogens with zero attached hydrogens (tertiary/aromatic N) is 2. The zero-order valence-electron chi connectivity index (χ0n) is 18.9. The fourth-order valence-corrected chi connectivity index (χ4v) is 3.81. The third-order valence-corrected chi connectivity index (χ3v) is 5.39. The molecule has 2 aliphatic heterocycles. The summed E-state index contributed by atoms with van der Waals surface area (Å²) in [5, 5.41) is 5.82. The minimum Gasteiger partial charge on any atom is -0.350 e. The minimum absolute atomic E-state index is 0.0133. The van der Waals surface area contributed by atoms with Crippen molar-refractivity contribution in [3.05, 3.63) is 46.7 Å². The van der Waals surface area contributed by atoms with E-state index < -0.39 is 6.04 Å². The molecule has 3 rings (SSSR count). The number of rotatable bonds is 3. The lowest BCUT2D eigenvalue weighted by molar-refractivity contribution is -0.132. The van der Waals surface area contributed by atoms with Crippen LogP contribution in [-0.4, -0.2) is 53.3 Å². The molecular formula is C23H32N4O3. The van der Waals surface area contributed by atoms with E-state index in [0.29, 0.717) is 11.3 Å². The quantitative estimate of drug-likeness (QED) is 0.801. The Morgan fingerprint density at radius 2 is 1.70 bits per heavy atom. The van der Waals surface area contributed by atoms with Crippen LogP contribution in [-0.2, 0) is 15.0 Å². The van der Waals surface area contributed by atoms with Gasteiger partial charge in [-0.1, -0.05) is 45.0 Å². The van der Waals surface area contributed by atoms with Crippen LogP contribution in [0.1, 0.15) is 58.7 Å². The molecule has 4 amide bonds. The smallest absolute Gasteiger partial charge is 0.322 e. The van der Waals surface area contributed by atoms with Crippen LogP contribution in [0.15, 0.2) is 35.5 Å².